The highest BCUT2D eigenvalue weighted by molar-refractivity contribution is 5.85. The zero-order chi connectivity index (χ0) is 10.8. The molecule has 0 aromatic carbocycles. The molecule has 0 aliphatic carbocycles. The van der Waals surface area contributed by atoms with Crippen LogP contribution in [0.15, 0.2) is 6.20 Å². The molecular formula is C9H15N3O2. The number of carboxylic acid groups (broad SMARTS) is 1. The maximum Gasteiger partial charge on any atom is 0.355 e. The second-order valence-corrected chi connectivity index (χ2v) is 4.46. The summed E-state index contributed by atoms with van der Waals surface area (Å²) in [6.07, 6.45) is 2.14. The number of aryl methyl sites for hydroxylation is 1. The lowest BCUT2D eigenvalue weighted by molar-refractivity contribution is 0.0682. The van der Waals surface area contributed by atoms with Crippen molar-refractivity contribution in [3.8, 4) is 0 Å². The molecule has 0 atom stereocenters. The Hall–Kier alpha value is -1.39. The van der Waals surface area contributed by atoms with Gasteiger partial charge in [0.25, 0.3) is 0 Å². The fourth-order valence-electron chi connectivity index (χ4n) is 1.03. The van der Waals surface area contributed by atoms with Crippen molar-refractivity contribution in [3.63, 3.8) is 0 Å². The summed E-state index contributed by atoms with van der Waals surface area (Å²) in [5.74, 6) is -0.982. The van der Waals surface area contributed by atoms with Crippen LogP contribution in [-0.2, 0) is 6.54 Å². The quantitative estimate of drug-likeness (QED) is 0.795. The van der Waals surface area contributed by atoms with Crippen LogP contribution < -0.4 is 0 Å². The van der Waals surface area contributed by atoms with Gasteiger partial charge in [0.1, 0.15) is 0 Å². The number of carbonyl (C=O) groups is 1. The summed E-state index contributed by atoms with van der Waals surface area (Å²) in [7, 11) is 0. The van der Waals surface area contributed by atoms with Crippen molar-refractivity contribution in [2.45, 2.75) is 33.7 Å². The molecule has 5 heteroatoms. The van der Waals surface area contributed by atoms with Crippen LogP contribution in [-0.4, -0.2) is 26.1 Å². The Kier molecular flexibility index (Phi) is 2.88. The second-order valence-electron chi connectivity index (χ2n) is 4.46. The molecule has 0 aliphatic rings. The largest absolute Gasteiger partial charge is 0.476 e. The minimum atomic E-state index is -0.982. The van der Waals surface area contributed by atoms with Gasteiger partial charge in [-0.05, 0) is 11.8 Å². The highest BCUT2D eigenvalue weighted by Crippen LogP contribution is 2.19. The van der Waals surface area contributed by atoms with Crippen molar-refractivity contribution in [2.24, 2.45) is 5.41 Å². The monoisotopic (exact) mass is 197 g/mol. The molecule has 1 rings (SSSR count). The van der Waals surface area contributed by atoms with Gasteiger partial charge < -0.3 is 5.11 Å². The molecule has 5 nitrogen and oxygen atoms in total. The lowest BCUT2D eigenvalue weighted by Gasteiger charge is -2.17. The van der Waals surface area contributed by atoms with Gasteiger partial charge in [-0.3, -0.25) is 0 Å². The molecule has 0 radical (unpaired) electrons. The van der Waals surface area contributed by atoms with Crippen LogP contribution in [0, 0.1) is 5.41 Å². The second kappa shape index (κ2) is 3.77. The molecule has 1 heterocycles. The van der Waals surface area contributed by atoms with Gasteiger partial charge in [0.15, 0.2) is 5.69 Å². The topological polar surface area (TPSA) is 68.0 Å². The Balaban J connectivity index is 2.68. The third-order valence-electron chi connectivity index (χ3n) is 1.91. The van der Waals surface area contributed by atoms with Crippen LogP contribution in [0.1, 0.15) is 37.7 Å². The fourth-order valence-corrected chi connectivity index (χ4v) is 1.03. The third kappa shape index (κ3) is 2.83. The molecule has 0 aliphatic heterocycles. The van der Waals surface area contributed by atoms with E-state index in [1.165, 1.54) is 10.9 Å². The van der Waals surface area contributed by atoms with E-state index >= 15 is 0 Å². The van der Waals surface area contributed by atoms with Gasteiger partial charge in [0.05, 0.1) is 6.20 Å². The summed E-state index contributed by atoms with van der Waals surface area (Å²) >= 11 is 0. The first-order valence-corrected chi connectivity index (χ1v) is 4.52. The molecule has 0 bridgehead atoms. The van der Waals surface area contributed by atoms with Gasteiger partial charge in [-0.25, -0.2) is 9.48 Å². The van der Waals surface area contributed by atoms with Crippen molar-refractivity contribution < 1.29 is 9.90 Å². The highest BCUT2D eigenvalue weighted by Gasteiger charge is 2.15. The molecule has 0 saturated heterocycles. The molecule has 0 fully saturated rings. The Morgan fingerprint density at radius 1 is 1.57 bits per heavy atom. The van der Waals surface area contributed by atoms with E-state index in [1.54, 1.807) is 0 Å². The van der Waals surface area contributed by atoms with Crippen LogP contribution in [0.4, 0.5) is 0 Å². The summed E-state index contributed by atoms with van der Waals surface area (Å²) in [5.41, 5.74) is 0.316. The van der Waals surface area contributed by atoms with Crippen molar-refractivity contribution in [2.75, 3.05) is 0 Å². The number of aromatic carboxylic acids is 1. The average Bonchev–Trinajstić information content (AvgIpc) is 2.46. The molecule has 0 saturated carbocycles. The number of nitrogens with zero attached hydrogens (tertiary/aromatic N) is 3. The van der Waals surface area contributed by atoms with Gasteiger partial charge in [0.2, 0.25) is 0 Å². The van der Waals surface area contributed by atoms with E-state index in [-0.39, 0.29) is 11.1 Å². The zero-order valence-electron chi connectivity index (χ0n) is 8.69. The van der Waals surface area contributed by atoms with E-state index in [2.05, 4.69) is 31.1 Å². The lowest BCUT2D eigenvalue weighted by atomic mass is 9.92. The maximum atomic E-state index is 10.7. The summed E-state index contributed by atoms with van der Waals surface area (Å²) < 4.78 is 1.42. The lowest BCUT2D eigenvalue weighted by Crippen LogP contribution is -2.15. The van der Waals surface area contributed by atoms with Gasteiger partial charge in [-0.2, -0.15) is 0 Å². The van der Waals surface area contributed by atoms with Gasteiger partial charge in [-0.1, -0.05) is 26.0 Å². The Bertz CT molecular complexity index is 325. The molecule has 1 aromatic heterocycles. The molecule has 0 unspecified atom stereocenters. The predicted octanol–water partition coefficient (Wildman–Crippen LogP) is 1.41. The molecular weight excluding hydrogens is 182 g/mol. The molecule has 0 amide bonds. The fraction of sp³-hybridized carbons (Fsp3) is 0.667. The first-order chi connectivity index (χ1) is 6.40. The van der Waals surface area contributed by atoms with E-state index in [1.807, 2.05) is 0 Å². The Morgan fingerprint density at radius 3 is 2.71 bits per heavy atom. The molecule has 1 aromatic rings. The van der Waals surface area contributed by atoms with Gasteiger partial charge in [-0.15, -0.1) is 5.10 Å². The third-order valence-corrected chi connectivity index (χ3v) is 1.91. The van der Waals surface area contributed by atoms with Crippen LogP contribution in [0.2, 0.25) is 0 Å². The van der Waals surface area contributed by atoms with E-state index in [4.69, 9.17) is 5.11 Å². The normalized spacial score (nSPS) is 11.6. The highest BCUT2D eigenvalue weighted by atomic mass is 16.4. The summed E-state index contributed by atoms with van der Waals surface area (Å²) in [6.45, 7) is 6.89. The van der Waals surface area contributed by atoms with E-state index in [0.29, 0.717) is 6.54 Å². The van der Waals surface area contributed by atoms with Crippen LogP contribution in [0.25, 0.3) is 0 Å². The zero-order valence-corrected chi connectivity index (χ0v) is 8.69. The number of aromatic nitrogens is 3. The first-order valence-electron chi connectivity index (χ1n) is 4.52. The van der Waals surface area contributed by atoms with E-state index in [9.17, 15) is 4.79 Å². The van der Waals surface area contributed by atoms with Crippen molar-refractivity contribution in [3.05, 3.63) is 11.9 Å². The average molecular weight is 197 g/mol. The standard InChI is InChI=1S/C9H15N3O2/c1-9(2,3)4-5-12-7(8(13)14)6-10-11-12/h6H,4-5H2,1-3H3,(H,13,14). The van der Waals surface area contributed by atoms with E-state index in [0.717, 1.165) is 6.42 Å². The molecule has 0 spiro atoms. The Morgan fingerprint density at radius 2 is 2.21 bits per heavy atom. The minimum absolute atomic E-state index is 0.147. The SMILES string of the molecule is CC(C)(C)CCn1nncc1C(=O)O. The summed E-state index contributed by atoms with van der Waals surface area (Å²) in [4.78, 5) is 10.7. The van der Waals surface area contributed by atoms with Crippen LogP contribution in [0.5, 0.6) is 0 Å². The smallest absolute Gasteiger partial charge is 0.355 e. The summed E-state index contributed by atoms with van der Waals surface area (Å²) in [6, 6.07) is 0. The van der Waals surface area contributed by atoms with Crippen LogP contribution in [0.3, 0.4) is 0 Å². The number of hydrogen-bond acceptors (Lipinski definition) is 3. The van der Waals surface area contributed by atoms with Crippen molar-refractivity contribution in [1.82, 2.24) is 15.0 Å². The molecule has 78 valence electrons. The maximum absolute atomic E-state index is 10.7. The number of rotatable bonds is 3. The molecule has 1 N–H and O–H groups in total. The summed E-state index contributed by atoms with van der Waals surface area (Å²) in [5, 5.41) is 16.1. The van der Waals surface area contributed by atoms with Crippen molar-refractivity contribution >= 4 is 5.97 Å². The van der Waals surface area contributed by atoms with Gasteiger partial charge >= 0.3 is 5.97 Å². The van der Waals surface area contributed by atoms with Crippen LogP contribution >= 0.6 is 0 Å². The minimum Gasteiger partial charge on any atom is -0.476 e. The number of hydrogen-bond donors (Lipinski definition) is 1. The Labute approximate surface area is 82.7 Å². The first kappa shape index (κ1) is 10.7. The van der Waals surface area contributed by atoms with E-state index < -0.39 is 5.97 Å². The predicted molar refractivity (Wildman–Crippen MR) is 51.1 cm³/mol. The van der Waals surface area contributed by atoms with Gasteiger partial charge in [0, 0.05) is 6.54 Å². The number of carboxylic acids is 1. The molecule has 14 heavy (non-hydrogen) atoms. The van der Waals surface area contributed by atoms with Crippen molar-refractivity contribution in [1.29, 1.82) is 0 Å².